The highest BCUT2D eigenvalue weighted by molar-refractivity contribution is 7.89. The van der Waals surface area contributed by atoms with E-state index in [2.05, 4.69) is 15.2 Å². The Hall–Kier alpha value is -3.70. The van der Waals surface area contributed by atoms with Crippen molar-refractivity contribution in [2.24, 2.45) is 0 Å². The minimum atomic E-state index is -4.44. The molecule has 3 aromatic rings. The van der Waals surface area contributed by atoms with Gasteiger partial charge in [0.2, 0.25) is 0 Å². The van der Waals surface area contributed by atoms with E-state index in [9.17, 15) is 22.8 Å². The summed E-state index contributed by atoms with van der Waals surface area (Å²) in [4.78, 5) is 40.8. The van der Waals surface area contributed by atoms with E-state index in [1.807, 2.05) is 4.98 Å². The Bertz CT molecular complexity index is 1190. The first kappa shape index (κ1) is 19.1. The van der Waals surface area contributed by atoms with Crippen molar-refractivity contribution >= 4 is 21.6 Å². The molecule has 0 fully saturated rings. The lowest BCUT2D eigenvalue weighted by Crippen LogP contribution is -2.54. The normalized spacial score (nSPS) is 11.0. The summed E-state index contributed by atoms with van der Waals surface area (Å²) in [5, 5.41) is 0.870. The van der Waals surface area contributed by atoms with Gasteiger partial charge in [-0.15, -0.1) is 4.83 Å². The van der Waals surface area contributed by atoms with Gasteiger partial charge in [-0.25, -0.2) is 23.8 Å². The Labute approximate surface area is 158 Å². The molecule has 0 atom stereocenters. The predicted octanol–water partition coefficient (Wildman–Crippen LogP) is 0.108. The van der Waals surface area contributed by atoms with Gasteiger partial charge in [-0.2, -0.15) is 0 Å². The maximum atomic E-state index is 12.6. The van der Waals surface area contributed by atoms with Gasteiger partial charge in [-0.3, -0.25) is 14.6 Å². The number of carbonyl (C=O) groups excluding carboxylic acids is 1. The summed E-state index contributed by atoms with van der Waals surface area (Å²) >= 11 is 0. The highest BCUT2D eigenvalue weighted by atomic mass is 32.2. The van der Waals surface area contributed by atoms with E-state index in [0.29, 0.717) is 5.56 Å². The number of anilines is 1. The van der Waals surface area contributed by atoms with Crippen LogP contribution in [0.2, 0.25) is 0 Å². The quantitative estimate of drug-likeness (QED) is 0.432. The van der Waals surface area contributed by atoms with Gasteiger partial charge in [0.25, 0.3) is 21.5 Å². The molecule has 1 amide bonds. The molecule has 0 saturated heterocycles. The summed E-state index contributed by atoms with van der Waals surface area (Å²) in [7, 11) is -4.44. The monoisotopic (exact) mass is 401 g/mol. The number of nitrogens with zero attached hydrogens (tertiary/aromatic N) is 1. The number of benzene rings is 2. The van der Waals surface area contributed by atoms with Crippen molar-refractivity contribution in [3.63, 3.8) is 0 Å². The molecule has 0 aliphatic carbocycles. The average molecular weight is 401 g/mol. The Kier molecular flexibility index (Phi) is 5.38. The third-order valence-electron chi connectivity index (χ3n) is 3.55. The van der Waals surface area contributed by atoms with Crippen LogP contribution in [-0.2, 0) is 10.0 Å². The molecule has 0 unspecified atom stereocenters. The minimum absolute atomic E-state index is 0.288. The van der Waals surface area contributed by atoms with Crippen LogP contribution >= 0.6 is 0 Å². The second-order valence-electron chi connectivity index (χ2n) is 5.51. The van der Waals surface area contributed by atoms with E-state index in [4.69, 9.17) is 0 Å². The minimum Gasteiger partial charge on any atom is -0.313 e. The van der Waals surface area contributed by atoms with E-state index in [-0.39, 0.29) is 5.69 Å². The van der Waals surface area contributed by atoms with Crippen LogP contribution in [0.25, 0.3) is 0 Å². The second-order valence-corrected chi connectivity index (χ2v) is 7.14. The van der Waals surface area contributed by atoms with E-state index in [1.54, 1.807) is 60.7 Å². The van der Waals surface area contributed by atoms with Crippen LogP contribution in [0.15, 0.2) is 81.3 Å². The lowest BCUT2D eigenvalue weighted by atomic mass is 10.2. The highest BCUT2D eigenvalue weighted by Crippen LogP contribution is 2.12. The maximum Gasteiger partial charge on any atom is 0.325 e. The lowest BCUT2D eigenvalue weighted by molar-refractivity contribution is 0.0947. The van der Waals surface area contributed by atoms with Crippen LogP contribution < -0.4 is 26.6 Å². The molecule has 10 nitrogen and oxygen atoms in total. The second kappa shape index (κ2) is 7.90. The third kappa shape index (κ3) is 4.34. The lowest BCUT2D eigenvalue weighted by Gasteiger charge is -2.25. The van der Waals surface area contributed by atoms with Crippen molar-refractivity contribution in [2.75, 3.05) is 5.12 Å². The zero-order chi connectivity index (χ0) is 20.1. The van der Waals surface area contributed by atoms with E-state index in [1.165, 1.54) is 0 Å². The molecule has 1 heterocycles. The fraction of sp³-hybridized carbons (Fsp3) is 0. The molecule has 2 aromatic carbocycles. The molecule has 0 bridgehead atoms. The molecule has 0 saturated carbocycles. The first-order valence-electron chi connectivity index (χ1n) is 7.92. The fourth-order valence-electron chi connectivity index (χ4n) is 2.24. The fourth-order valence-corrected chi connectivity index (χ4v) is 3.24. The Morgan fingerprint density at radius 2 is 1.54 bits per heavy atom. The Balaban J connectivity index is 1.94. The van der Waals surface area contributed by atoms with E-state index >= 15 is 0 Å². The number of hydrogen-bond acceptors (Lipinski definition) is 6. The van der Waals surface area contributed by atoms with Gasteiger partial charge in [0.1, 0.15) is 0 Å². The smallest absolute Gasteiger partial charge is 0.313 e. The summed E-state index contributed by atoms with van der Waals surface area (Å²) in [6, 6.07) is 16.2. The molecule has 144 valence electrons. The summed E-state index contributed by atoms with van der Waals surface area (Å²) < 4.78 is 25.2. The van der Waals surface area contributed by atoms with Crippen molar-refractivity contribution in [3.8, 4) is 0 Å². The molecule has 0 radical (unpaired) electrons. The molecule has 1 aromatic heterocycles. The number of aromatic amines is 2. The highest BCUT2D eigenvalue weighted by Gasteiger charge is 2.24. The molecule has 0 spiro atoms. The van der Waals surface area contributed by atoms with Crippen molar-refractivity contribution in [1.82, 2.24) is 20.2 Å². The standard InChI is InChI=1S/C17H15N5O5S/c23-15(12-7-3-1-4-8-12)20-22(13-9-5-2-6-10-13)21-28(26,27)14-11-18-17(25)19-16(14)24/h1-11,21H,(H,20,23)(H2,18,19,24,25). The van der Waals surface area contributed by atoms with Crippen LogP contribution in [0.3, 0.4) is 0 Å². The van der Waals surface area contributed by atoms with E-state index in [0.717, 1.165) is 11.3 Å². The molecule has 4 N–H and O–H groups in total. The summed E-state index contributed by atoms with van der Waals surface area (Å²) in [5.41, 5.74) is 1.07. The first-order valence-corrected chi connectivity index (χ1v) is 9.41. The zero-order valence-electron chi connectivity index (χ0n) is 14.2. The van der Waals surface area contributed by atoms with Crippen molar-refractivity contribution in [1.29, 1.82) is 0 Å². The SMILES string of the molecule is O=C(NN(NS(=O)(=O)c1c[nH]c(=O)[nH]c1=O)c1ccccc1)c1ccccc1. The van der Waals surface area contributed by atoms with Crippen molar-refractivity contribution in [2.45, 2.75) is 4.90 Å². The molecule has 28 heavy (non-hydrogen) atoms. The van der Waals surface area contributed by atoms with E-state index < -0.39 is 32.1 Å². The van der Waals surface area contributed by atoms with Crippen LogP contribution in [0, 0.1) is 0 Å². The van der Waals surface area contributed by atoms with Crippen LogP contribution in [-0.4, -0.2) is 24.3 Å². The summed E-state index contributed by atoms with van der Waals surface area (Å²) in [5.74, 6) is -0.581. The molecular formula is C17H15N5O5S. The van der Waals surface area contributed by atoms with Gasteiger partial charge in [-0.05, 0) is 24.3 Å². The summed E-state index contributed by atoms with van der Waals surface area (Å²) in [6.07, 6.45) is 0.770. The third-order valence-corrected chi connectivity index (χ3v) is 4.86. The Morgan fingerprint density at radius 1 is 0.929 bits per heavy atom. The molecule has 11 heteroatoms. The van der Waals surface area contributed by atoms with Gasteiger partial charge in [-0.1, -0.05) is 36.4 Å². The number of nitrogens with one attached hydrogen (secondary N) is 4. The number of sulfonamides is 1. The average Bonchev–Trinajstić information content (AvgIpc) is 2.68. The zero-order valence-corrected chi connectivity index (χ0v) is 15.1. The topological polar surface area (TPSA) is 144 Å². The van der Waals surface area contributed by atoms with Crippen LogP contribution in [0.4, 0.5) is 5.69 Å². The molecular weight excluding hydrogens is 386 g/mol. The van der Waals surface area contributed by atoms with Gasteiger partial charge in [0.05, 0.1) is 5.69 Å². The van der Waals surface area contributed by atoms with Gasteiger partial charge in [0.15, 0.2) is 4.90 Å². The number of H-pyrrole nitrogens is 2. The summed E-state index contributed by atoms with van der Waals surface area (Å²) in [6.45, 7) is 0. The number of carbonyl (C=O) groups is 1. The molecule has 0 aliphatic rings. The predicted molar refractivity (Wildman–Crippen MR) is 101 cm³/mol. The molecule has 3 rings (SSSR count). The Morgan fingerprint density at radius 3 is 2.14 bits per heavy atom. The number of hydrogen-bond donors (Lipinski definition) is 4. The number of aromatic nitrogens is 2. The largest absolute Gasteiger partial charge is 0.325 e. The van der Waals surface area contributed by atoms with Crippen LogP contribution in [0.1, 0.15) is 10.4 Å². The first-order chi connectivity index (χ1) is 13.4. The van der Waals surface area contributed by atoms with Gasteiger partial charge < -0.3 is 4.98 Å². The number of amides is 1. The number of hydrazine groups is 2. The van der Waals surface area contributed by atoms with Crippen molar-refractivity contribution < 1.29 is 13.2 Å². The number of para-hydroxylation sites is 1. The van der Waals surface area contributed by atoms with Crippen LogP contribution in [0.5, 0.6) is 0 Å². The molecule has 0 aliphatic heterocycles. The van der Waals surface area contributed by atoms with Gasteiger partial charge in [0, 0.05) is 11.8 Å². The van der Waals surface area contributed by atoms with Gasteiger partial charge >= 0.3 is 5.69 Å². The van der Waals surface area contributed by atoms with Crippen molar-refractivity contribution in [3.05, 3.63) is 93.3 Å². The number of rotatable bonds is 6. The maximum absolute atomic E-state index is 12.6.